The van der Waals surface area contributed by atoms with Crippen molar-refractivity contribution < 1.29 is 41.4 Å². The topological polar surface area (TPSA) is 97.6 Å². The minimum atomic E-state index is -4.80. The number of benzene rings is 2. The number of hydrogen-bond acceptors (Lipinski definition) is 4. The highest BCUT2D eigenvalue weighted by atomic mass is 19.4. The number of aromatic nitrogens is 1. The van der Waals surface area contributed by atoms with E-state index in [1.165, 1.54) is 25.1 Å². The van der Waals surface area contributed by atoms with E-state index in [2.05, 4.69) is 5.32 Å². The van der Waals surface area contributed by atoms with Crippen LogP contribution < -0.4 is 10.9 Å². The molecule has 248 valence electrons. The summed E-state index contributed by atoms with van der Waals surface area (Å²) in [6.07, 6.45) is -4.48. The van der Waals surface area contributed by atoms with Crippen LogP contribution in [0.2, 0.25) is 0 Å². The normalized spacial score (nSPS) is 15.0. The van der Waals surface area contributed by atoms with Crippen LogP contribution >= 0.6 is 0 Å². The summed E-state index contributed by atoms with van der Waals surface area (Å²) in [5.74, 6) is -3.80. The van der Waals surface area contributed by atoms with Crippen molar-refractivity contribution >= 4 is 11.9 Å². The molecule has 46 heavy (non-hydrogen) atoms. The first-order chi connectivity index (χ1) is 21.5. The van der Waals surface area contributed by atoms with Gasteiger partial charge in [0.2, 0.25) is 5.91 Å². The Balaban J connectivity index is 1.79. The number of nitrogens with zero attached hydrogens (tertiary/aromatic N) is 1. The quantitative estimate of drug-likeness (QED) is 0.222. The van der Waals surface area contributed by atoms with E-state index in [9.17, 15) is 37.1 Å². The molecular weight excluding hydrogens is 611 g/mol. The summed E-state index contributed by atoms with van der Waals surface area (Å²) in [5.41, 5.74) is -0.0573. The molecule has 1 saturated heterocycles. The van der Waals surface area contributed by atoms with Crippen LogP contribution in [0.15, 0.2) is 41.3 Å². The third-order valence-corrected chi connectivity index (χ3v) is 8.16. The number of halogens is 5. The molecule has 12 heteroatoms. The van der Waals surface area contributed by atoms with E-state index in [0.29, 0.717) is 28.3 Å². The zero-order valence-electron chi connectivity index (χ0n) is 26.2. The highest BCUT2D eigenvalue weighted by molar-refractivity contribution is 5.82. The molecule has 2 aromatic carbocycles. The van der Waals surface area contributed by atoms with Crippen molar-refractivity contribution in [1.82, 2.24) is 9.88 Å². The van der Waals surface area contributed by atoms with Crippen LogP contribution in [0.5, 0.6) is 0 Å². The first kappa shape index (κ1) is 34.8. The molecule has 2 heterocycles. The zero-order chi connectivity index (χ0) is 34.1. The maximum Gasteiger partial charge on any atom is 0.416 e. The van der Waals surface area contributed by atoms with Gasteiger partial charge in [0.25, 0.3) is 5.56 Å². The number of carboxylic acid groups (broad SMARTS) is 1. The average molecular weight is 649 g/mol. The Hall–Kier alpha value is -4.06. The number of rotatable bonds is 11. The molecule has 1 aliphatic rings. The molecule has 1 aliphatic heterocycles. The van der Waals surface area contributed by atoms with Crippen LogP contribution in [0.25, 0.3) is 11.1 Å². The predicted molar refractivity (Wildman–Crippen MR) is 161 cm³/mol. The van der Waals surface area contributed by atoms with Crippen LogP contribution in [-0.2, 0) is 26.9 Å². The van der Waals surface area contributed by atoms with Crippen molar-refractivity contribution in [3.8, 4) is 11.1 Å². The molecule has 0 spiro atoms. The van der Waals surface area contributed by atoms with Crippen LogP contribution in [0.3, 0.4) is 0 Å². The second-order valence-electron chi connectivity index (χ2n) is 12.5. The van der Waals surface area contributed by atoms with Crippen molar-refractivity contribution in [2.45, 2.75) is 72.1 Å². The van der Waals surface area contributed by atoms with Crippen LogP contribution in [0.1, 0.15) is 72.2 Å². The van der Waals surface area contributed by atoms with Gasteiger partial charge in [0.1, 0.15) is 17.7 Å². The first-order valence-electron chi connectivity index (χ1n) is 15.0. The van der Waals surface area contributed by atoms with Gasteiger partial charge < -0.3 is 19.7 Å². The fourth-order valence-electron chi connectivity index (χ4n) is 6.01. The van der Waals surface area contributed by atoms with Gasteiger partial charge in [0.05, 0.1) is 31.2 Å². The molecule has 2 atom stereocenters. The smallest absolute Gasteiger partial charge is 0.416 e. The van der Waals surface area contributed by atoms with Crippen molar-refractivity contribution in [2.24, 2.45) is 11.8 Å². The number of carbonyl (C=O) groups excluding carboxylic acids is 1. The van der Waals surface area contributed by atoms with E-state index in [1.54, 1.807) is 33.8 Å². The SMILES string of the molecule is Cc1cc(-c2c(C)cc(F)cc2C)cc([C@@H](CC(=O)O)NC(=O)[C@H](CC(C)C)n2cc(CC3COC3)c(C(F)(F)F)cc2=O)c1F. The molecule has 0 radical (unpaired) electrons. The zero-order valence-corrected chi connectivity index (χ0v) is 26.2. The minimum absolute atomic E-state index is 0.0215. The second kappa shape index (κ2) is 13.7. The van der Waals surface area contributed by atoms with Crippen LogP contribution in [0, 0.1) is 44.2 Å². The van der Waals surface area contributed by atoms with E-state index in [4.69, 9.17) is 4.74 Å². The van der Waals surface area contributed by atoms with Gasteiger partial charge in [-0.2, -0.15) is 13.2 Å². The Morgan fingerprint density at radius 3 is 2.17 bits per heavy atom. The lowest BCUT2D eigenvalue weighted by molar-refractivity contribution is -0.139. The summed E-state index contributed by atoms with van der Waals surface area (Å²) < 4.78 is 77.5. The molecule has 0 aliphatic carbocycles. The first-order valence-corrected chi connectivity index (χ1v) is 15.0. The standard InChI is InChI=1S/C34H37F5N2O5/c1-17(2)6-28(41-14-23(10-21-15-46-16-21)26(12-29(41)42)34(37,38)39)33(45)40-27(13-30(43)44)25-11-22(7-20(5)32(25)36)31-18(3)8-24(35)9-19(31)4/h7-9,11-12,14,17,21,27-28H,6,10,13,15-16H2,1-5H3,(H,40,45)(H,43,44)/t27-,28+/m1/s1. The van der Waals surface area contributed by atoms with Gasteiger partial charge in [-0.3, -0.25) is 14.4 Å². The van der Waals surface area contributed by atoms with Crippen LogP contribution in [0.4, 0.5) is 22.0 Å². The Bertz CT molecular complexity index is 1670. The number of carbonyl (C=O) groups is 2. The van der Waals surface area contributed by atoms with E-state index in [0.717, 1.165) is 10.8 Å². The Kier molecular flexibility index (Phi) is 10.4. The summed E-state index contributed by atoms with van der Waals surface area (Å²) in [6.45, 7) is 8.91. The van der Waals surface area contributed by atoms with Gasteiger partial charge in [-0.1, -0.05) is 13.8 Å². The van der Waals surface area contributed by atoms with Crippen molar-refractivity contribution in [3.05, 3.63) is 91.9 Å². The number of amides is 1. The largest absolute Gasteiger partial charge is 0.481 e. The minimum Gasteiger partial charge on any atom is -0.481 e. The van der Waals surface area contributed by atoms with Crippen molar-refractivity contribution in [3.63, 3.8) is 0 Å². The highest BCUT2D eigenvalue weighted by Gasteiger charge is 2.37. The summed E-state index contributed by atoms with van der Waals surface area (Å²) in [6, 6.07) is 3.34. The van der Waals surface area contributed by atoms with Gasteiger partial charge in [-0.15, -0.1) is 0 Å². The number of alkyl halides is 3. The number of carboxylic acids is 1. The number of hydrogen-bond donors (Lipinski definition) is 2. The van der Waals surface area contributed by atoms with E-state index in [1.807, 2.05) is 0 Å². The number of ether oxygens (including phenoxy) is 1. The molecule has 7 nitrogen and oxygen atoms in total. The van der Waals surface area contributed by atoms with E-state index >= 15 is 4.39 Å². The van der Waals surface area contributed by atoms with Crippen molar-refractivity contribution in [1.29, 1.82) is 0 Å². The Labute approximate surface area is 263 Å². The predicted octanol–water partition coefficient (Wildman–Crippen LogP) is 6.85. The summed E-state index contributed by atoms with van der Waals surface area (Å²) in [7, 11) is 0. The number of aliphatic carboxylic acids is 1. The molecule has 1 aromatic heterocycles. The van der Waals surface area contributed by atoms with Gasteiger partial charge in [0, 0.05) is 23.7 Å². The lowest BCUT2D eigenvalue weighted by atomic mass is 9.90. The molecule has 0 saturated carbocycles. The van der Waals surface area contributed by atoms with Gasteiger partial charge in [-0.05, 0) is 97.2 Å². The summed E-state index contributed by atoms with van der Waals surface area (Å²) in [5, 5.41) is 12.3. The van der Waals surface area contributed by atoms with Gasteiger partial charge >= 0.3 is 12.1 Å². The lowest BCUT2D eigenvalue weighted by Crippen LogP contribution is -2.41. The maximum atomic E-state index is 15.7. The fourth-order valence-corrected chi connectivity index (χ4v) is 6.01. The summed E-state index contributed by atoms with van der Waals surface area (Å²) >= 11 is 0. The molecule has 0 unspecified atom stereocenters. The Morgan fingerprint density at radius 1 is 1.02 bits per heavy atom. The number of nitrogens with one attached hydrogen (secondary N) is 1. The molecule has 1 fully saturated rings. The Morgan fingerprint density at radius 2 is 1.65 bits per heavy atom. The fraction of sp³-hybridized carbons (Fsp3) is 0.441. The van der Waals surface area contributed by atoms with E-state index in [-0.39, 0.29) is 54.6 Å². The number of pyridine rings is 1. The molecular formula is C34H37F5N2O5. The van der Waals surface area contributed by atoms with E-state index < -0.39 is 59.3 Å². The lowest BCUT2D eigenvalue weighted by Gasteiger charge is -2.29. The molecule has 2 N–H and O–H groups in total. The average Bonchev–Trinajstić information content (AvgIpc) is 2.90. The monoisotopic (exact) mass is 648 g/mol. The maximum absolute atomic E-state index is 15.7. The second-order valence-corrected chi connectivity index (χ2v) is 12.5. The molecule has 1 amide bonds. The highest BCUT2D eigenvalue weighted by Crippen LogP contribution is 2.36. The van der Waals surface area contributed by atoms with Crippen LogP contribution in [-0.4, -0.2) is 34.8 Å². The van der Waals surface area contributed by atoms with Gasteiger partial charge in [-0.25, -0.2) is 8.78 Å². The molecule has 0 bridgehead atoms. The third kappa shape index (κ3) is 7.83. The summed E-state index contributed by atoms with van der Waals surface area (Å²) in [4.78, 5) is 39.0. The van der Waals surface area contributed by atoms with Gasteiger partial charge in [0.15, 0.2) is 0 Å². The third-order valence-electron chi connectivity index (χ3n) is 8.16. The molecule has 3 aromatic rings. The molecule has 4 rings (SSSR count). The van der Waals surface area contributed by atoms with Crippen molar-refractivity contribution in [2.75, 3.05) is 13.2 Å². The number of aryl methyl sites for hydroxylation is 3.